The summed E-state index contributed by atoms with van der Waals surface area (Å²) in [7, 11) is 4.88. The van der Waals surface area contributed by atoms with Crippen LogP contribution in [0.4, 0.5) is 0 Å². The Balaban J connectivity index is 2.48. The highest BCUT2D eigenvalue weighted by Crippen LogP contribution is 2.33. The van der Waals surface area contributed by atoms with Crippen LogP contribution in [0.2, 0.25) is 0 Å². The van der Waals surface area contributed by atoms with Crippen molar-refractivity contribution in [3.8, 4) is 28.5 Å². The summed E-state index contributed by atoms with van der Waals surface area (Å²) < 4.78 is 15.7. The van der Waals surface area contributed by atoms with Gasteiger partial charge in [-0.1, -0.05) is 0 Å². The Labute approximate surface area is 106 Å². The van der Waals surface area contributed by atoms with E-state index < -0.39 is 0 Å². The van der Waals surface area contributed by atoms with E-state index in [4.69, 9.17) is 14.2 Å². The van der Waals surface area contributed by atoms with Crippen molar-refractivity contribution in [2.45, 2.75) is 0 Å². The van der Waals surface area contributed by atoms with E-state index in [0.717, 1.165) is 28.5 Å². The molecule has 2 rings (SSSR count). The fourth-order valence-corrected chi connectivity index (χ4v) is 1.70. The van der Waals surface area contributed by atoms with Crippen LogP contribution in [-0.2, 0) is 0 Å². The first-order chi connectivity index (χ1) is 8.78. The SMILES string of the molecule is COc1ccnc(-c2ccc(OC)cc2OC)c1. The van der Waals surface area contributed by atoms with E-state index in [1.165, 1.54) is 0 Å². The highest BCUT2D eigenvalue weighted by molar-refractivity contribution is 5.69. The Morgan fingerprint density at radius 2 is 1.56 bits per heavy atom. The molecule has 2 aromatic rings. The molecule has 0 aliphatic carbocycles. The Morgan fingerprint density at radius 1 is 0.833 bits per heavy atom. The summed E-state index contributed by atoms with van der Waals surface area (Å²) in [5.41, 5.74) is 1.70. The lowest BCUT2D eigenvalue weighted by Crippen LogP contribution is -1.92. The third kappa shape index (κ3) is 2.37. The molecule has 0 saturated carbocycles. The van der Waals surface area contributed by atoms with Crippen molar-refractivity contribution in [3.05, 3.63) is 36.5 Å². The smallest absolute Gasteiger partial charge is 0.131 e. The van der Waals surface area contributed by atoms with Gasteiger partial charge in [0, 0.05) is 23.9 Å². The summed E-state index contributed by atoms with van der Waals surface area (Å²) in [4.78, 5) is 4.32. The molecular weight excluding hydrogens is 230 g/mol. The lowest BCUT2D eigenvalue weighted by Gasteiger charge is -2.10. The summed E-state index contributed by atoms with van der Waals surface area (Å²) in [6, 6.07) is 9.29. The number of rotatable bonds is 4. The molecule has 0 amide bonds. The largest absolute Gasteiger partial charge is 0.497 e. The van der Waals surface area contributed by atoms with Gasteiger partial charge in [0.2, 0.25) is 0 Å². The topological polar surface area (TPSA) is 40.6 Å². The van der Waals surface area contributed by atoms with Crippen LogP contribution in [0.3, 0.4) is 0 Å². The van der Waals surface area contributed by atoms with E-state index in [1.54, 1.807) is 33.6 Å². The van der Waals surface area contributed by atoms with E-state index in [9.17, 15) is 0 Å². The van der Waals surface area contributed by atoms with Gasteiger partial charge in [-0.15, -0.1) is 0 Å². The van der Waals surface area contributed by atoms with Crippen LogP contribution in [0.25, 0.3) is 11.3 Å². The molecule has 0 atom stereocenters. The maximum absolute atomic E-state index is 5.35. The molecule has 0 unspecified atom stereocenters. The second-order valence-corrected chi connectivity index (χ2v) is 3.65. The molecule has 18 heavy (non-hydrogen) atoms. The average Bonchev–Trinajstić information content (AvgIpc) is 2.46. The number of hydrogen-bond acceptors (Lipinski definition) is 4. The molecule has 0 radical (unpaired) electrons. The molecule has 0 spiro atoms. The molecule has 0 fully saturated rings. The van der Waals surface area contributed by atoms with Gasteiger partial charge in [-0.3, -0.25) is 4.98 Å². The normalized spacial score (nSPS) is 9.94. The predicted molar refractivity (Wildman–Crippen MR) is 69.3 cm³/mol. The third-order valence-electron chi connectivity index (χ3n) is 2.65. The van der Waals surface area contributed by atoms with Crippen LogP contribution < -0.4 is 14.2 Å². The quantitative estimate of drug-likeness (QED) is 0.830. The predicted octanol–water partition coefficient (Wildman–Crippen LogP) is 2.77. The van der Waals surface area contributed by atoms with Gasteiger partial charge in [-0.2, -0.15) is 0 Å². The first-order valence-corrected chi connectivity index (χ1v) is 5.51. The van der Waals surface area contributed by atoms with Gasteiger partial charge in [-0.05, 0) is 18.2 Å². The molecule has 0 aliphatic heterocycles. The summed E-state index contributed by atoms with van der Waals surface area (Å²) >= 11 is 0. The first-order valence-electron chi connectivity index (χ1n) is 5.51. The molecule has 94 valence electrons. The van der Waals surface area contributed by atoms with Crippen LogP contribution in [0, 0.1) is 0 Å². The van der Waals surface area contributed by atoms with Crippen molar-refractivity contribution in [1.29, 1.82) is 0 Å². The minimum Gasteiger partial charge on any atom is -0.497 e. The molecular formula is C14H15NO3. The van der Waals surface area contributed by atoms with Crippen molar-refractivity contribution < 1.29 is 14.2 Å². The van der Waals surface area contributed by atoms with Gasteiger partial charge < -0.3 is 14.2 Å². The zero-order valence-corrected chi connectivity index (χ0v) is 10.6. The van der Waals surface area contributed by atoms with Gasteiger partial charge in [-0.25, -0.2) is 0 Å². The minimum absolute atomic E-state index is 0.718. The molecule has 0 bridgehead atoms. The molecule has 0 N–H and O–H groups in total. The number of pyridine rings is 1. The van der Waals surface area contributed by atoms with Crippen molar-refractivity contribution in [2.24, 2.45) is 0 Å². The van der Waals surface area contributed by atoms with Crippen molar-refractivity contribution in [1.82, 2.24) is 4.98 Å². The van der Waals surface area contributed by atoms with E-state index in [0.29, 0.717) is 0 Å². The standard InChI is InChI=1S/C14H15NO3/c1-16-10-4-5-12(14(9-10)18-3)13-8-11(17-2)6-7-15-13/h4-9H,1-3H3. The van der Waals surface area contributed by atoms with Gasteiger partial charge >= 0.3 is 0 Å². The van der Waals surface area contributed by atoms with Gasteiger partial charge in [0.15, 0.2) is 0 Å². The zero-order valence-electron chi connectivity index (χ0n) is 10.6. The average molecular weight is 245 g/mol. The Kier molecular flexibility index (Phi) is 3.67. The van der Waals surface area contributed by atoms with Gasteiger partial charge in [0.1, 0.15) is 17.2 Å². The lowest BCUT2D eigenvalue weighted by atomic mass is 10.1. The fourth-order valence-electron chi connectivity index (χ4n) is 1.70. The lowest BCUT2D eigenvalue weighted by molar-refractivity contribution is 0.395. The summed E-state index contributed by atoms with van der Waals surface area (Å²) in [6.07, 6.45) is 1.71. The molecule has 4 heteroatoms. The van der Waals surface area contributed by atoms with Crippen molar-refractivity contribution in [3.63, 3.8) is 0 Å². The third-order valence-corrected chi connectivity index (χ3v) is 2.65. The van der Waals surface area contributed by atoms with E-state index in [2.05, 4.69) is 4.98 Å². The molecule has 0 saturated heterocycles. The van der Waals surface area contributed by atoms with E-state index in [-0.39, 0.29) is 0 Å². The monoisotopic (exact) mass is 245 g/mol. The van der Waals surface area contributed by atoms with Crippen molar-refractivity contribution in [2.75, 3.05) is 21.3 Å². The van der Waals surface area contributed by atoms with E-state index in [1.807, 2.05) is 24.3 Å². The summed E-state index contributed by atoms with van der Waals surface area (Å²) in [6.45, 7) is 0. The maximum atomic E-state index is 5.35. The molecule has 4 nitrogen and oxygen atoms in total. The first kappa shape index (κ1) is 12.2. The van der Waals surface area contributed by atoms with Crippen LogP contribution >= 0.6 is 0 Å². The van der Waals surface area contributed by atoms with E-state index >= 15 is 0 Å². The number of ether oxygens (including phenoxy) is 3. The number of benzene rings is 1. The molecule has 1 aromatic carbocycles. The van der Waals surface area contributed by atoms with Crippen LogP contribution in [0.15, 0.2) is 36.5 Å². The highest BCUT2D eigenvalue weighted by Gasteiger charge is 2.09. The molecule has 0 aliphatic rings. The number of aromatic nitrogens is 1. The summed E-state index contributed by atoms with van der Waals surface area (Å²) in [5.74, 6) is 2.23. The van der Waals surface area contributed by atoms with Gasteiger partial charge in [0.05, 0.1) is 27.0 Å². The fraction of sp³-hybridized carbons (Fsp3) is 0.214. The van der Waals surface area contributed by atoms with Crippen LogP contribution in [0.1, 0.15) is 0 Å². The van der Waals surface area contributed by atoms with Crippen molar-refractivity contribution >= 4 is 0 Å². The molecule has 1 aromatic heterocycles. The van der Waals surface area contributed by atoms with Gasteiger partial charge in [0.25, 0.3) is 0 Å². The zero-order chi connectivity index (χ0) is 13.0. The Hall–Kier alpha value is -2.23. The highest BCUT2D eigenvalue weighted by atomic mass is 16.5. The molecule has 1 heterocycles. The second kappa shape index (κ2) is 5.40. The summed E-state index contributed by atoms with van der Waals surface area (Å²) in [5, 5.41) is 0. The second-order valence-electron chi connectivity index (χ2n) is 3.65. The minimum atomic E-state index is 0.718. The maximum Gasteiger partial charge on any atom is 0.131 e. The Morgan fingerprint density at radius 3 is 2.22 bits per heavy atom. The number of methoxy groups -OCH3 is 3. The number of nitrogens with zero attached hydrogens (tertiary/aromatic N) is 1. The number of hydrogen-bond donors (Lipinski definition) is 0. The van der Waals surface area contributed by atoms with Crippen LogP contribution in [-0.4, -0.2) is 26.3 Å². The Bertz CT molecular complexity index is 540. The van der Waals surface area contributed by atoms with Crippen LogP contribution in [0.5, 0.6) is 17.2 Å².